The standard InChI is InChI=1S/C20H23N3O/c1-5-15-8-10-17-16-9-7-13(3)18(19(16)24-20(17)21-15)23-12-11-22(6-2)14(23)4/h7-12,14H,5-6H2,1-4H3/t14-/m0/s1. The minimum atomic E-state index is 0.284. The highest BCUT2D eigenvalue weighted by Crippen LogP contribution is 2.39. The first kappa shape index (κ1) is 15.1. The molecule has 4 nitrogen and oxygen atoms in total. The molecule has 0 aliphatic carbocycles. The van der Waals surface area contributed by atoms with Gasteiger partial charge in [-0.2, -0.15) is 0 Å². The van der Waals surface area contributed by atoms with E-state index in [2.05, 4.69) is 79.1 Å². The second kappa shape index (κ2) is 5.55. The Morgan fingerprint density at radius 3 is 2.58 bits per heavy atom. The van der Waals surface area contributed by atoms with Crippen LogP contribution in [-0.2, 0) is 6.42 Å². The van der Waals surface area contributed by atoms with Crippen LogP contribution in [0, 0.1) is 6.92 Å². The number of nitrogens with zero attached hydrogens (tertiary/aromatic N) is 3. The summed E-state index contributed by atoms with van der Waals surface area (Å²) in [7, 11) is 0. The molecule has 0 unspecified atom stereocenters. The van der Waals surface area contributed by atoms with E-state index in [1.165, 1.54) is 5.56 Å². The van der Waals surface area contributed by atoms with Gasteiger partial charge in [-0.1, -0.05) is 19.1 Å². The van der Waals surface area contributed by atoms with Crippen molar-refractivity contribution in [1.29, 1.82) is 0 Å². The van der Waals surface area contributed by atoms with Crippen molar-refractivity contribution in [3.8, 4) is 0 Å². The van der Waals surface area contributed by atoms with Crippen molar-refractivity contribution < 1.29 is 4.42 Å². The molecular weight excluding hydrogens is 298 g/mol. The van der Waals surface area contributed by atoms with Crippen LogP contribution in [0.2, 0.25) is 0 Å². The topological polar surface area (TPSA) is 32.5 Å². The maximum absolute atomic E-state index is 6.23. The monoisotopic (exact) mass is 321 g/mol. The van der Waals surface area contributed by atoms with E-state index >= 15 is 0 Å². The first-order chi connectivity index (χ1) is 11.6. The molecule has 1 atom stereocenters. The summed E-state index contributed by atoms with van der Waals surface area (Å²) in [5, 5.41) is 2.22. The summed E-state index contributed by atoms with van der Waals surface area (Å²) < 4.78 is 6.23. The van der Waals surface area contributed by atoms with Gasteiger partial charge in [0.25, 0.3) is 0 Å². The molecule has 0 radical (unpaired) electrons. The van der Waals surface area contributed by atoms with Gasteiger partial charge in [0.1, 0.15) is 6.17 Å². The first-order valence-electron chi connectivity index (χ1n) is 8.68. The molecular formula is C20H23N3O. The normalized spacial score (nSPS) is 17.6. The Labute approximate surface area is 142 Å². The van der Waals surface area contributed by atoms with Gasteiger partial charge >= 0.3 is 0 Å². The van der Waals surface area contributed by atoms with Gasteiger partial charge < -0.3 is 14.2 Å². The van der Waals surface area contributed by atoms with Gasteiger partial charge in [-0.15, -0.1) is 0 Å². The average Bonchev–Trinajstić information content (AvgIpc) is 3.14. The largest absolute Gasteiger partial charge is 0.435 e. The molecule has 3 aromatic rings. The highest BCUT2D eigenvalue weighted by Gasteiger charge is 2.26. The summed E-state index contributed by atoms with van der Waals surface area (Å²) >= 11 is 0. The summed E-state index contributed by atoms with van der Waals surface area (Å²) in [5.41, 5.74) is 5.08. The SMILES string of the molecule is CCc1ccc2c(n1)oc1c(N3C=CN(CC)[C@@H]3C)c(C)ccc12. The number of aryl methyl sites for hydroxylation is 2. The fraction of sp³-hybridized carbons (Fsp3) is 0.350. The zero-order valence-electron chi connectivity index (χ0n) is 14.7. The Bertz CT molecular complexity index is 941. The van der Waals surface area contributed by atoms with Crippen LogP contribution in [0.25, 0.3) is 22.1 Å². The van der Waals surface area contributed by atoms with Crippen LogP contribution < -0.4 is 4.90 Å². The van der Waals surface area contributed by atoms with Crippen molar-refractivity contribution in [2.24, 2.45) is 0 Å². The molecule has 1 aliphatic heterocycles. The molecule has 4 heteroatoms. The molecule has 24 heavy (non-hydrogen) atoms. The molecule has 0 amide bonds. The van der Waals surface area contributed by atoms with Gasteiger partial charge in [-0.25, -0.2) is 4.98 Å². The third kappa shape index (κ3) is 2.09. The van der Waals surface area contributed by atoms with Crippen molar-refractivity contribution in [2.75, 3.05) is 11.4 Å². The Morgan fingerprint density at radius 2 is 1.88 bits per heavy atom. The van der Waals surface area contributed by atoms with Crippen molar-refractivity contribution in [1.82, 2.24) is 9.88 Å². The van der Waals surface area contributed by atoms with Crippen LogP contribution in [0.15, 0.2) is 41.1 Å². The summed E-state index contributed by atoms with van der Waals surface area (Å²) in [6, 6.07) is 8.55. The van der Waals surface area contributed by atoms with Gasteiger partial charge in [-0.3, -0.25) is 0 Å². The lowest BCUT2D eigenvalue weighted by atomic mass is 10.1. The maximum atomic E-state index is 6.23. The maximum Gasteiger partial charge on any atom is 0.227 e. The van der Waals surface area contributed by atoms with Crippen molar-refractivity contribution >= 4 is 27.8 Å². The number of pyridine rings is 1. The minimum absolute atomic E-state index is 0.284. The molecule has 0 fully saturated rings. The second-order valence-electron chi connectivity index (χ2n) is 6.39. The molecule has 124 valence electrons. The Balaban J connectivity index is 1.95. The molecule has 4 rings (SSSR count). The lowest BCUT2D eigenvalue weighted by molar-refractivity contribution is 0.334. The molecule has 0 saturated carbocycles. The van der Waals surface area contributed by atoms with E-state index in [4.69, 9.17) is 4.42 Å². The second-order valence-corrected chi connectivity index (χ2v) is 6.39. The smallest absolute Gasteiger partial charge is 0.227 e. The number of aromatic nitrogens is 1. The molecule has 0 spiro atoms. The third-order valence-corrected chi connectivity index (χ3v) is 5.03. The van der Waals surface area contributed by atoms with Crippen LogP contribution in [-0.4, -0.2) is 22.6 Å². The molecule has 0 saturated heterocycles. The van der Waals surface area contributed by atoms with Gasteiger partial charge in [0, 0.05) is 35.4 Å². The summed E-state index contributed by atoms with van der Waals surface area (Å²) in [6.07, 6.45) is 5.50. The number of benzene rings is 1. The van der Waals surface area contributed by atoms with Gasteiger partial charge in [0.15, 0.2) is 5.58 Å². The average molecular weight is 321 g/mol. The Hall–Kier alpha value is -2.49. The van der Waals surface area contributed by atoms with Crippen LogP contribution in [0.5, 0.6) is 0 Å². The molecule has 2 aromatic heterocycles. The van der Waals surface area contributed by atoms with E-state index in [0.717, 1.165) is 46.4 Å². The molecule has 3 heterocycles. The zero-order valence-corrected chi connectivity index (χ0v) is 14.7. The number of rotatable bonds is 3. The Kier molecular flexibility index (Phi) is 3.48. The number of furan rings is 1. The number of hydrogen-bond donors (Lipinski definition) is 0. The van der Waals surface area contributed by atoms with E-state index in [-0.39, 0.29) is 6.17 Å². The fourth-order valence-electron chi connectivity index (χ4n) is 3.56. The number of hydrogen-bond acceptors (Lipinski definition) is 4. The lowest BCUT2D eigenvalue weighted by Gasteiger charge is -2.29. The molecule has 1 aliphatic rings. The van der Waals surface area contributed by atoms with Crippen molar-refractivity contribution in [3.63, 3.8) is 0 Å². The van der Waals surface area contributed by atoms with Crippen LogP contribution >= 0.6 is 0 Å². The van der Waals surface area contributed by atoms with E-state index in [1.807, 2.05) is 0 Å². The van der Waals surface area contributed by atoms with E-state index < -0.39 is 0 Å². The van der Waals surface area contributed by atoms with Crippen LogP contribution in [0.1, 0.15) is 32.0 Å². The van der Waals surface area contributed by atoms with Gasteiger partial charge in [-0.05, 0) is 44.9 Å². The number of anilines is 1. The summed E-state index contributed by atoms with van der Waals surface area (Å²) in [4.78, 5) is 9.27. The number of fused-ring (bicyclic) bond motifs is 3. The summed E-state index contributed by atoms with van der Waals surface area (Å²) in [5.74, 6) is 0. The van der Waals surface area contributed by atoms with E-state index in [9.17, 15) is 0 Å². The minimum Gasteiger partial charge on any atom is -0.435 e. The summed E-state index contributed by atoms with van der Waals surface area (Å²) in [6.45, 7) is 9.64. The lowest BCUT2D eigenvalue weighted by Crippen LogP contribution is -2.36. The van der Waals surface area contributed by atoms with E-state index in [1.54, 1.807) is 0 Å². The van der Waals surface area contributed by atoms with Crippen LogP contribution in [0.4, 0.5) is 5.69 Å². The highest BCUT2D eigenvalue weighted by molar-refractivity contribution is 6.08. The molecule has 1 aromatic carbocycles. The van der Waals surface area contributed by atoms with Gasteiger partial charge in [0.2, 0.25) is 5.71 Å². The first-order valence-corrected chi connectivity index (χ1v) is 8.68. The van der Waals surface area contributed by atoms with Crippen LogP contribution in [0.3, 0.4) is 0 Å². The predicted octanol–water partition coefficient (Wildman–Crippen LogP) is 4.81. The highest BCUT2D eigenvalue weighted by atomic mass is 16.3. The fourth-order valence-corrected chi connectivity index (χ4v) is 3.56. The third-order valence-electron chi connectivity index (χ3n) is 5.03. The quantitative estimate of drug-likeness (QED) is 0.693. The van der Waals surface area contributed by atoms with E-state index in [0.29, 0.717) is 0 Å². The van der Waals surface area contributed by atoms with Crippen molar-refractivity contribution in [3.05, 3.63) is 47.9 Å². The predicted molar refractivity (Wildman–Crippen MR) is 99.1 cm³/mol. The molecule has 0 bridgehead atoms. The Morgan fingerprint density at radius 1 is 1.08 bits per heavy atom. The van der Waals surface area contributed by atoms with Crippen molar-refractivity contribution in [2.45, 2.75) is 40.3 Å². The zero-order chi connectivity index (χ0) is 16.8. The van der Waals surface area contributed by atoms with Gasteiger partial charge in [0.05, 0.1) is 5.69 Å². The molecule has 0 N–H and O–H groups in total.